The molecule has 0 saturated heterocycles. The Morgan fingerprint density at radius 1 is 1.67 bits per heavy atom. The van der Waals surface area contributed by atoms with Crippen molar-refractivity contribution >= 4 is 17.7 Å². The van der Waals surface area contributed by atoms with Crippen LogP contribution in [0.25, 0.3) is 0 Å². The Morgan fingerprint density at radius 2 is 2.11 bits per heavy atom. The van der Waals surface area contributed by atoms with Crippen LogP contribution in [0.4, 0.5) is 0 Å². The third kappa shape index (κ3) is 2.70. The van der Waals surface area contributed by atoms with Crippen LogP contribution in [0, 0.1) is 5.92 Å². The van der Waals surface area contributed by atoms with Crippen molar-refractivity contribution in [2.45, 2.75) is 20.8 Å². The standard InChI is InChI=1S/C7H12OS/c1-4-5(2)6(3)7(8)9/h4,6H,1-3H3,(H,8,9). The van der Waals surface area contributed by atoms with E-state index in [0.717, 1.165) is 5.57 Å². The van der Waals surface area contributed by atoms with Crippen LogP contribution in [0.3, 0.4) is 0 Å². The van der Waals surface area contributed by atoms with Gasteiger partial charge in [-0.25, -0.2) is 0 Å². The monoisotopic (exact) mass is 144 g/mol. The van der Waals surface area contributed by atoms with Gasteiger partial charge in [0.05, 0.1) is 0 Å². The molecule has 2 heteroatoms. The second-order valence-corrected chi connectivity index (χ2v) is 2.53. The highest BCUT2D eigenvalue weighted by Gasteiger charge is 2.08. The highest BCUT2D eigenvalue weighted by atomic mass is 32.1. The van der Waals surface area contributed by atoms with Crippen molar-refractivity contribution in [3.63, 3.8) is 0 Å². The van der Waals surface area contributed by atoms with Crippen molar-refractivity contribution in [2.24, 2.45) is 5.92 Å². The third-order valence-corrected chi connectivity index (χ3v) is 1.90. The van der Waals surface area contributed by atoms with Gasteiger partial charge in [-0.15, -0.1) is 12.6 Å². The Labute approximate surface area is 61.6 Å². The lowest BCUT2D eigenvalue weighted by Gasteiger charge is -2.04. The van der Waals surface area contributed by atoms with Crippen molar-refractivity contribution in [1.29, 1.82) is 0 Å². The molecule has 0 aromatic heterocycles. The molecule has 0 heterocycles. The van der Waals surface area contributed by atoms with E-state index in [1.807, 2.05) is 26.8 Å². The molecule has 0 aromatic carbocycles. The summed E-state index contributed by atoms with van der Waals surface area (Å²) in [6.07, 6.45) is 1.93. The minimum absolute atomic E-state index is 0.0293. The van der Waals surface area contributed by atoms with Crippen LogP contribution in [0.1, 0.15) is 20.8 Å². The molecule has 0 aliphatic heterocycles. The van der Waals surface area contributed by atoms with Crippen LogP contribution in [-0.2, 0) is 4.79 Å². The van der Waals surface area contributed by atoms with Gasteiger partial charge < -0.3 is 0 Å². The van der Waals surface area contributed by atoms with Gasteiger partial charge in [-0.1, -0.05) is 18.6 Å². The number of carbonyl (C=O) groups is 1. The Hall–Kier alpha value is -0.240. The lowest BCUT2D eigenvalue weighted by Crippen LogP contribution is -2.04. The molecule has 0 radical (unpaired) electrons. The van der Waals surface area contributed by atoms with Gasteiger partial charge >= 0.3 is 0 Å². The first-order valence-corrected chi connectivity index (χ1v) is 3.40. The quantitative estimate of drug-likeness (QED) is 0.463. The maximum absolute atomic E-state index is 10.6. The summed E-state index contributed by atoms with van der Waals surface area (Å²) in [7, 11) is 0. The molecule has 0 aromatic rings. The van der Waals surface area contributed by atoms with E-state index in [9.17, 15) is 4.79 Å². The van der Waals surface area contributed by atoms with Crippen molar-refractivity contribution in [1.82, 2.24) is 0 Å². The van der Waals surface area contributed by atoms with Crippen LogP contribution >= 0.6 is 12.6 Å². The molecule has 0 amide bonds. The summed E-state index contributed by atoms with van der Waals surface area (Å²) < 4.78 is 0. The van der Waals surface area contributed by atoms with Gasteiger partial charge in [-0.2, -0.15) is 0 Å². The fraction of sp³-hybridized carbons (Fsp3) is 0.571. The molecule has 0 fully saturated rings. The summed E-state index contributed by atoms with van der Waals surface area (Å²) >= 11 is 3.71. The highest BCUT2D eigenvalue weighted by Crippen LogP contribution is 2.11. The van der Waals surface area contributed by atoms with E-state index in [4.69, 9.17) is 0 Å². The van der Waals surface area contributed by atoms with Crippen molar-refractivity contribution in [3.05, 3.63) is 11.6 Å². The zero-order valence-electron chi connectivity index (χ0n) is 6.01. The zero-order chi connectivity index (χ0) is 7.44. The van der Waals surface area contributed by atoms with E-state index in [2.05, 4.69) is 12.6 Å². The molecule has 1 unspecified atom stereocenters. The van der Waals surface area contributed by atoms with Crippen LogP contribution in [0.5, 0.6) is 0 Å². The van der Waals surface area contributed by atoms with E-state index in [0.29, 0.717) is 0 Å². The molecular weight excluding hydrogens is 132 g/mol. The highest BCUT2D eigenvalue weighted by molar-refractivity contribution is 7.96. The van der Waals surface area contributed by atoms with Crippen LogP contribution in [-0.4, -0.2) is 5.12 Å². The smallest absolute Gasteiger partial charge is 0.192 e. The summed E-state index contributed by atoms with van der Waals surface area (Å²) in [5, 5.41) is -0.0643. The van der Waals surface area contributed by atoms with Gasteiger partial charge in [0.25, 0.3) is 0 Å². The second-order valence-electron chi connectivity index (χ2n) is 2.09. The van der Waals surface area contributed by atoms with Crippen LogP contribution in [0.15, 0.2) is 11.6 Å². The summed E-state index contributed by atoms with van der Waals surface area (Å²) in [4.78, 5) is 10.6. The van der Waals surface area contributed by atoms with E-state index in [1.165, 1.54) is 0 Å². The molecule has 0 saturated carbocycles. The van der Waals surface area contributed by atoms with Crippen LogP contribution in [0.2, 0.25) is 0 Å². The predicted octanol–water partition coefficient (Wildman–Crippen LogP) is 2.05. The summed E-state index contributed by atoms with van der Waals surface area (Å²) in [6, 6.07) is 0. The molecule has 1 nitrogen and oxygen atoms in total. The Balaban J connectivity index is 4.04. The van der Waals surface area contributed by atoms with Gasteiger partial charge in [-0.05, 0) is 13.8 Å². The summed E-state index contributed by atoms with van der Waals surface area (Å²) in [5.74, 6) is -0.0293. The van der Waals surface area contributed by atoms with Crippen molar-refractivity contribution in [2.75, 3.05) is 0 Å². The maximum Gasteiger partial charge on any atom is 0.192 e. The average molecular weight is 144 g/mol. The predicted molar refractivity (Wildman–Crippen MR) is 42.6 cm³/mol. The first-order valence-electron chi connectivity index (χ1n) is 2.95. The SMILES string of the molecule is CC=C(C)C(C)C(=O)S. The number of rotatable bonds is 2. The normalized spacial score (nSPS) is 15.3. The minimum Gasteiger partial charge on any atom is -0.287 e. The maximum atomic E-state index is 10.6. The first-order chi connectivity index (χ1) is 4.09. The summed E-state index contributed by atoms with van der Waals surface area (Å²) in [5.41, 5.74) is 1.08. The van der Waals surface area contributed by atoms with Gasteiger partial charge in [-0.3, -0.25) is 4.79 Å². The molecule has 0 spiro atoms. The fourth-order valence-corrected chi connectivity index (χ4v) is 0.648. The number of thiol groups is 1. The first kappa shape index (κ1) is 8.76. The lowest BCUT2D eigenvalue weighted by molar-refractivity contribution is -0.112. The molecule has 0 aliphatic rings. The third-order valence-electron chi connectivity index (χ3n) is 1.51. The number of hydrogen-bond acceptors (Lipinski definition) is 1. The topological polar surface area (TPSA) is 17.1 Å². The molecule has 0 bridgehead atoms. The number of allylic oxidation sites excluding steroid dienone is 2. The van der Waals surface area contributed by atoms with Crippen molar-refractivity contribution < 1.29 is 4.79 Å². The molecule has 0 N–H and O–H groups in total. The Kier molecular flexibility index (Phi) is 3.62. The van der Waals surface area contributed by atoms with E-state index < -0.39 is 0 Å². The molecule has 1 atom stereocenters. The molecule has 0 aliphatic carbocycles. The van der Waals surface area contributed by atoms with E-state index in [1.54, 1.807) is 0 Å². The Morgan fingerprint density at radius 3 is 2.22 bits per heavy atom. The average Bonchev–Trinajstić information content (AvgIpc) is 1.84. The molecule has 9 heavy (non-hydrogen) atoms. The van der Waals surface area contributed by atoms with Gasteiger partial charge in [0.2, 0.25) is 0 Å². The second kappa shape index (κ2) is 3.72. The molecular formula is C7H12OS. The fourth-order valence-electron chi connectivity index (χ4n) is 0.445. The molecule has 0 rings (SSSR count). The van der Waals surface area contributed by atoms with Crippen LogP contribution < -0.4 is 0 Å². The number of hydrogen-bond donors (Lipinski definition) is 1. The van der Waals surface area contributed by atoms with Gasteiger partial charge in [0, 0.05) is 5.92 Å². The Bertz CT molecular complexity index is 138. The zero-order valence-corrected chi connectivity index (χ0v) is 6.90. The minimum atomic E-state index is -0.0643. The van der Waals surface area contributed by atoms with Gasteiger partial charge in [0.1, 0.15) is 0 Å². The largest absolute Gasteiger partial charge is 0.287 e. The molecule has 52 valence electrons. The van der Waals surface area contributed by atoms with E-state index in [-0.39, 0.29) is 11.0 Å². The number of carbonyl (C=O) groups excluding carboxylic acids is 1. The van der Waals surface area contributed by atoms with Crippen molar-refractivity contribution in [3.8, 4) is 0 Å². The van der Waals surface area contributed by atoms with E-state index >= 15 is 0 Å². The summed E-state index contributed by atoms with van der Waals surface area (Å²) in [6.45, 7) is 5.70. The lowest BCUT2D eigenvalue weighted by atomic mass is 10.1. The van der Waals surface area contributed by atoms with Gasteiger partial charge in [0.15, 0.2) is 5.12 Å².